The van der Waals surface area contributed by atoms with Gasteiger partial charge in [-0.15, -0.1) is 10.2 Å². The second kappa shape index (κ2) is 10.2. The van der Waals surface area contributed by atoms with Crippen LogP contribution in [0.2, 0.25) is 0 Å². The molecule has 2 aromatic heterocycles. The molecule has 0 unspecified atom stereocenters. The van der Waals surface area contributed by atoms with E-state index in [-0.39, 0.29) is 33.8 Å². The summed E-state index contributed by atoms with van der Waals surface area (Å²) in [6.45, 7) is 8.52. The number of amides is 1. The molecule has 1 aliphatic heterocycles. The summed E-state index contributed by atoms with van der Waals surface area (Å²) in [5.74, 6) is 0.287. The number of ether oxygens (including phenoxy) is 1. The van der Waals surface area contributed by atoms with Gasteiger partial charge in [-0.05, 0) is 64.4 Å². The molecule has 0 saturated carbocycles. The number of nitrogens with two attached hydrogens (primary N) is 1. The lowest BCUT2D eigenvalue weighted by atomic mass is 9.98. The van der Waals surface area contributed by atoms with Crippen LogP contribution in [0.15, 0.2) is 58.0 Å². The minimum Gasteiger partial charge on any atom is -0.444 e. The third-order valence-electron chi connectivity index (χ3n) is 6.93. The second-order valence-electron chi connectivity index (χ2n) is 11.7. The summed E-state index contributed by atoms with van der Waals surface area (Å²) in [5, 5.41) is 8.20. The zero-order valence-corrected chi connectivity index (χ0v) is 24.9. The predicted octanol–water partition coefficient (Wildman–Crippen LogP) is 5.39. The van der Waals surface area contributed by atoms with Crippen LogP contribution in [0.1, 0.15) is 51.9 Å². The summed E-state index contributed by atoms with van der Waals surface area (Å²) in [7, 11) is -2.16. The molecule has 11 nitrogen and oxygen atoms in total. The van der Waals surface area contributed by atoms with E-state index in [1.165, 1.54) is 37.1 Å². The minimum absolute atomic E-state index is 0.0267. The molecule has 0 saturated heterocycles. The summed E-state index contributed by atoms with van der Waals surface area (Å²) in [5.41, 5.74) is 8.00. The largest absolute Gasteiger partial charge is 0.444 e. The fourth-order valence-electron chi connectivity index (χ4n) is 4.51. The molecule has 0 fully saturated rings. The third-order valence-corrected chi connectivity index (χ3v) is 9.47. The van der Waals surface area contributed by atoms with Crippen LogP contribution < -0.4 is 5.73 Å². The van der Waals surface area contributed by atoms with Gasteiger partial charge in [0, 0.05) is 30.3 Å². The molecule has 42 heavy (non-hydrogen) atoms. The molecule has 0 spiro atoms. The first-order chi connectivity index (χ1) is 19.6. The quantitative estimate of drug-likeness (QED) is 0.318. The van der Waals surface area contributed by atoms with E-state index in [4.69, 9.17) is 14.9 Å². The Balaban J connectivity index is 1.37. The Kier molecular flexibility index (Phi) is 7.04. The molecule has 0 bridgehead atoms. The van der Waals surface area contributed by atoms with Gasteiger partial charge >= 0.3 is 6.09 Å². The Morgan fingerprint density at radius 1 is 1.10 bits per heavy atom. The number of sulfone groups is 1. The van der Waals surface area contributed by atoms with E-state index in [0.717, 1.165) is 5.56 Å². The fraction of sp³-hybridized carbons (Fsp3) is 0.345. The molecule has 13 heteroatoms. The smallest absolute Gasteiger partial charge is 0.410 e. The molecule has 0 radical (unpaired) electrons. The van der Waals surface area contributed by atoms with Crippen LogP contribution in [-0.2, 0) is 21.1 Å². The number of rotatable bonds is 5. The van der Waals surface area contributed by atoms with Crippen molar-refractivity contribution in [1.29, 1.82) is 0 Å². The van der Waals surface area contributed by atoms with Gasteiger partial charge in [0.2, 0.25) is 5.89 Å². The van der Waals surface area contributed by atoms with Crippen molar-refractivity contribution < 1.29 is 26.8 Å². The first-order valence-corrected chi connectivity index (χ1v) is 14.6. The van der Waals surface area contributed by atoms with Crippen LogP contribution in [0.5, 0.6) is 0 Å². The van der Waals surface area contributed by atoms with Crippen LogP contribution in [0.3, 0.4) is 0 Å². The monoisotopic (exact) mass is 594 g/mol. The molecule has 2 N–H and O–H groups in total. The standard InChI is InChI=1S/C29H31FN6O5S/c1-28(2,3)41-27(37)36(6)15-16-7-9-17(10-8-16)25-34-35-26(40-25)22-24(31)32-14-20(33-22)18-11-12-21-19(13-18)23(30)29(4,5)42(21,38)39/h7-14,23H,15H2,1-6H3,(H2,31,32)/t23-/m1/s1. The highest BCUT2D eigenvalue weighted by Crippen LogP contribution is 2.49. The number of anilines is 1. The van der Waals surface area contributed by atoms with E-state index in [1.54, 1.807) is 25.2 Å². The number of carbonyl (C=O) groups excluding carboxylic acids is 1. The summed E-state index contributed by atoms with van der Waals surface area (Å²) in [6.07, 6.45) is -0.708. The van der Waals surface area contributed by atoms with Crippen LogP contribution in [-0.4, -0.2) is 57.0 Å². The number of nitrogen functional groups attached to an aromatic ring is 1. The Morgan fingerprint density at radius 2 is 1.74 bits per heavy atom. The maximum atomic E-state index is 15.1. The number of alkyl halides is 1. The highest BCUT2D eigenvalue weighted by atomic mass is 32.2. The lowest BCUT2D eigenvalue weighted by molar-refractivity contribution is 0.0285. The third kappa shape index (κ3) is 5.20. The van der Waals surface area contributed by atoms with Crippen LogP contribution in [0.25, 0.3) is 34.3 Å². The highest BCUT2D eigenvalue weighted by Gasteiger charge is 2.52. The number of nitrogens with zero attached hydrogens (tertiary/aromatic N) is 5. The number of hydrogen-bond acceptors (Lipinski definition) is 10. The lowest BCUT2D eigenvalue weighted by Gasteiger charge is -2.24. The summed E-state index contributed by atoms with van der Waals surface area (Å²) in [4.78, 5) is 22.4. The predicted molar refractivity (Wildman–Crippen MR) is 153 cm³/mol. The number of halogens is 1. The summed E-state index contributed by atoms with van der Waals surface area (Å²) in [6, 6.07) is 11.7. The first kappa shape index (κ1) is 29.1. The van der Waals surface area contributed by atoms with E-state index < -0.39 is 32.5 Å². The topological polar surface area (TPSA) is 154 Å². The Morgan fingerprint density at radius 3 is 2.40 bits per heavy atom. The highest BCUT2D eigenvalue weighted by molar-refractivity contribution is 7.93. The molecule has 1 aliphatic rings. The maximum Gasteiger partial charge on any atom is 0.410 e. The van der Waals surface area contributed by atoms with E-state index in [9.17, 15) is 13.2 Å². The summed E-state index contributed by atoms with van der Waals surface area (Å²) < 4.78 is 50.4. The van der Waals surface area contributed by atoms with Gasteiger partial charge in [-0.25, -0.2) is 27.6 Å². The first-order valence-electron chi connectivity index (χ1n) is 13.1. The molecule has 1 atom stereocenters. The van der Waals surface area contributed by atoms with Crippen molar-refractivity contribution in [1.82, 2.24) is 25.1 Å². The number of hydrogen-bond donors (Lipinski definition) is 1. The van der Waals surface area contributed by atoms with Crippen LogP contribution >= 0.6 is 0 Å². The lowest BCUT2D eigenvalue weighted by Crippen LogP contribution is -2.33. The van der Waals surface area contributed by atoms with Crippen molar-refractivity contribution in [2.45, 2.75) is 62.6 Å². The molecule has 2 aromatic carbocycles. The van der Waals surface area contributed by atoms with Crippen LogP contribution in [0.4, 0.5) is 15.0 Å². The minimum atomic E-state index is -3.82. The molecule has 5 rings (SSSR count). The average molecular weight is 595 g/mol. The fourth-order valence-corrected chi connectivity index (χ4v) is 6.19. The number of carbonyl (C=O) groups is 1. The van der Waals surface area contributed by atoms with Gasteiger partial charge in [0.1, 0.15) is 16.5 Å². The van der Waals surface area contributed by atoms with Crippen molar-refractivity contribution in [3.05, 3.63) is 59.8 Å². The second-order valence-corrected chi connectivity index (χ2v) is 14.2. The van der Waals surface area contributed by atoms with Crippen molar-refractivity contribution in [3.8, 4) is 34.3 Å². The molecular formula is C29H31FN6O5S. The molecule has 3 heterocycles. The number of benzene rings is 2. The van der Waals surface area contributed by atoms with Gasteiger partial charge < -0.3 is 19.8 Å². The molecule has 4 aromatic rings. The molecular weight excluding hydrogens is 563 g/mol. The normalized spacial score (nSPS) is 17.1. The van der Waals surface area contributed by atoms with Gasteiger partial charge in [-0.1, -0.05) is 18.2 Å². The van der Waals surface area contributed by atoms with E-state index in [2.05, 4.69) is 20.2 Å². The van der Waals surface area contributed by atoms with Gasteiger partial charge in [-0.3, -0.25) is 0 Å². The Bertz CT molecular complexity index is 1780. The zero-order valence-electron chi connectivity index (χ0n) is 24.0. The zero-order chi connectivity index (χ0) is 30.6. The van der Waals surface area contributed by atoms with Gasteiger partial charge in [0.15, 0.2) is 21.3 Å². The van der Waals surface area contributed by atoms with Crippen molar-refractivity contribution >= 4 is 21.7 Å². The Labute approximate surface area is 242 Å². The SMILES string of the molecule is CN(Cc1ccc(-c2nnc(-c3nc(-c4ccc5c(c4)[C@@H](F)C(C)(C)S5(=O)=O)cnc3N)o2)cc1)C(=O)OC(C)(C)C. The Hall–Kier alpha value is -4.39. The average Bonchev–Trinajstić information content (AvgIpc) is 3.46. The van der Waals surface area contributed by atoms with E-state index >= 15 is 4.39 Å². The number of fused-ring (bicyclic) bond motifs is 1. The molecule has 1 amide bonds. The van der Waals surface area contributed by atoms with E-state index in [1.807, 2.05) is 32.9 Å². The molecule has 0 aliphatic carbocycles. The summed E-state index contributed by atoms with van der Waals surface area (Å²) >= 11 is 0. The van der Waals surface area contributed by atoms with Crippen molar-refractivity contribution in [3.63, 3.8) is 0 Å². The van der Waals surface area contributed by atoms with E-state index in [0.29, 0.717) is 23.4 Å². The number of aromatic nitrogens is 4. The van der Waals surface area contributed by atoms with Crippen LogP contribution in [0, 0.1) is 0 Å². The van der Waals surface area contributed by atoms with Gasteiger partial charge in [0.05, 0.1) is 16.8 Å². The van der Waals surface area contributed by atoms with Crippen molar-refractivity contribution in [2.24, 2.45) is 0 Å². The van der Waals surface area contributed by atoms with Crippen molar-refractivity contribution in [2.75, 3.05) is 12.8 Å². The maximum absolute atomic E-state index is 15.1. The van der Waals surface area contributed by atoms with Gasteiger partial charge in [-0.2, -0.15) is 0 Å². The molecule has 220 valence electrons. The van der Waals surface area contributed by atoms with Gasteiger partial charge in [0.25, 0.3) is 5.89 Å².